The van der Waals surface area contributed by atoms with Gasteiger partial charge >= 0.3 is 0 Å². The van der Waals surface area contributed by atoms with E-state index >= 15 is 0 Å². The van der Waals surface area contributed by atoms with E-state index in [-0.39, 0.29) is 18.0 Å². The van der Waals surface area contributed by atoms with E-state index in [1.807, 2.05) is 0 Å². The summed E-state index contributed by atoms with van der Waals surface area (Å²) in [6.07, 6.45) is -0.404. The maximum atomic E-state index is 13.2. The Labute approximate surface area is 91.3 Å². The van der Waals surface area contributed by atoms with Crippen LogP contribution in [-0.2, 0) is 0 Å². The molecule has 0 saturated carbocycles. The Balaban J connectivity index is 2.70. The molecule has 1 atom stereocenters. The number of hydrogen-bond donors (Lipinski definition) is 2. The molecule has 0 aliphatic rings. The fourth-order valence-corrected chi connectivity index (χ4v) is 1.17. The fourth-order valence-electron chi connectivity index (χ4n) is 1.17. The van der Waals surface area contributed by atoms with Crippen LogP contribution in [-0.4, -0.2) is 17.1 Å². The third-order valence-electron chi connectivity index (χ3n) is 1.87. The molecular weight excluding hydrogens is 218 g/mol. The number of hydrogen-bond acceptors (Lipinski definition) is 3. The minimum absolute atomic E-state index is 0.0377. The minimum Gasteiger partial charge on any atom is -0.487 e. The van der Waals surface area contributed by atoms with Crippen LogP contribution in [0.3, 0.4) is 0 Å². The molecule has 1 rings (SSSR count). The van der Waals surface area contributed by atoms with Crippen molar-refractivity contribution in [2.45, 2.75) is 19.4 Å². The van der Waals surface area contributed by atoms with Crippen molar-refractivity contribution < 1.29 is 18.7 Å². The van der Waals surface area contributed by atoms with E-state index in [9.17, 15) is 8.78 Å². The number of halogens is 2. The van der Waals surface area contributed by atoms with Gasteiger partial charge in [-0.05, 0) is 19.1 Å². The molecule has 0 saturated heterocycles. The van der Waals surface area contributed by atoms with Crippen molar-refractivity contribution in [2.75, 3.05) is 0 Å². The zero-order valence-electron chi connectivity index (χ0n) is 8.65. The van der Waals surface area contributed by atoms with Gasteiger partial charge in [-0.1, -0.05) is 11.2 Å². The van der Waals surface area contributed by atoms with Gasteiger partial charge in [0.2, 0.25) is 5.82 Å². The number of oxime groups is 1. The van der Waals surface area contributed by atoms with E-state index in [1.165, 1.54) is 12.1 Å². The van der Waals surface area contributed by atoms with Crippen LogP contribution in [0.15, 0.2) is 23.4 Å². The van der Waals surface area contributed by atoms with Crippen LogP contribution in [0, 0.1) is 11.6 Å². The summed E-state index contributed by atoms with van der Waals surface area (Å²) >= 11 is 0. The molecule has 0 fully saturated rings. The standard InChI is InChI=1S/C10H12F2N2O2/c1-6(5-9(13)14-15)16-8-4-2-3-7(11)10(8)12/h2-4,6,15H,5H2,1H3,(H2,13,14). The lowest BCUT2D eigenvalue weighted by Gasteiger charge is -2.14. The van der Waals surface area contributed by atoms with Crippen LogP contribution in [0.5, 0.6) is 5.75 Å². The monoisotopic (exact) mass is 230 g/mol. The van der Waals surface area contributed by atoms with E-state index in [0.29, 0.717) is 0 Å². The number of ether oxygens (including phenoxy) is 1. The van der Waals surface area contributed by atoms with Crippen LogP contribution in [0.1, 0.15) is 13.3 Å². The first-order valence-corrected chi connectivity index (χ1v) is 4.61. The fraction of sp³-hybridized carbons (Fsp3) is 0.300. The summed E-state index contributed by atoms with van der Waals surface area (Å²) in [5, 5.41) is 11.1. The minimum atomic E-state index is -1.05. The Hall–Kier alpha value is -1.85. The highest BCUT2D eigenvalue weighted by molar-refractivity contribution is 5.80. The molecule has 0 spiro atoms. The van der Waals surface area contributed by atoms with Crippen molar-refractivity contribution >= 4 is 5.84 Å². The molecule has 0 bridgehead atoms. The van der Waals surface area contributed by atoms with Crippen LogP contribution in [0.25, 0.3) is 0 Å². The summed E-state index contributed by atoms with van der Waals surface area (Å²) < 4.78 is 31.1. The van der Waals surface area contributed by atoms with E-state index in [0.717, 1.165) is 6.07 Å². The number of rotatable bonds is 4. The summed E-state index contributed by atoms with van der Waals surface area (Å²) in [6.45, 7) is 1.60. The van der Waals surface area contributed by atoms with Gasteiger partial charge in [-0.15, -0.1) is 0 Å². The van der Waals surface area contributed by atoms with E-state index in [4.69, 9.17) is 15.7 Å². The van der Waals surface area contributed by atoms with Gasteiger partial charge in [0.25, 0.3) is 0 Å². The second kappa shape index (κ2) is 5.29. The largest absolute Gasteiger partial charge is 0.487 e. The van der Waals surface area contributed by atoms with Gasteiger partial charge < -0.3 is 15.7 Å². The normalized spacial score (nSPS) is 13.6. The number of nitrogens with two attached hydrogens (primary N) is 1. The average Bonchev–Trinajstić information content (AvgIpc) is 2.24. The predicted octanol–water partition coefficient (Wildman–Crippen LogP) is 1.87. The maximum absolute atomic E-state index is 13.2. The summed E-state index contributed by atoms with van der Waals surface area (Å²) in [6, 6.07) is 3.64. The molecule has 3 N–H and O–H groups in total. The second-order valence-corrected chi connectivity index (χ2v) is 3.28. The lowest BCUT2D eigenvalue weighted by atomic mass is 10.2. The molecule has 0 amide bonds. The second-order valence-electron chi connectivity index (χ2n) is 3.28. The van der Waals surface area contributed by atoms with Crippen LogP contribution >= 0.6 is 0 Å². The van der Waals surface area contributed by atoms with Crippen molar-refractivity contribution in [2.24, 2.45) is 10.9 Å². The zero-order valence-corrected chi connectivity index (χ0v) is 8.65. The first-order valence-electron chi connectivity index (χ1n) is 4.61. The van der Waals surface area contributed by atoms with E-state index in [2.05, 4.69) is 5.16 Å². The Bertz CT molecular complexity index is 396. The molecule has 1 unspecified atom stereocenters. The lowest BCUT2D eigenvalue weighted by molar-refractivity contribution is 0.214. The van der Waals surface area contributed by atoms with Crippen LogP contribution < -0.4 is 10.5 Å². The highest BCUT2D eigenvalue weighted by Gasteiger charge is 2.13. The van der Waals surface area contributed by atoms with Gasteiger partial charge in [-0.25, -0.2) is 4.39 Å². The molecule has 1 aromatic rings. The third-order valence-corrected chi connectivity index (χ3v) is 1.87. The Kier molecular flexibility index (Phi) is 4.04. The number of amidine groups is 1. The molecule has 88 valence electrons. The van der Waals surface area contributed by atoms with E-state index < -0.39 is 17.7 Å². The lowest BCUT2D eigenvalue weighted by Crippen LogP contribution is -2.23. The van der Waals surface area contributed by atoms with Crippen molar-refractivity contribution in [1.82, 2.24) is 0 Å². The highest BCUT2D eigenvalue weighted by Crippen LogP contribution is 2.20. The van der Waals surface area contributed by atoms with Crippen molar-refractivity contribution in [3.8, 4) is 5.75 Å². The highest BCUT2D eigenvalue weighted by atomic mass is 19.2. The Morgan fingerprint density at radius 1 is 1.56 bits per heavy atom. The summed E-state index contributed by atoms with van der Waals surface area (Å²) in [5.41, 5.74) is 5.25. The van der Waals surface area contributed by atoms with Crippen LogP contribution in [0.2, 0.25) is 0 Å². The summed E-state index contributed by atoms with van der Waals surface area (Å²) in [4.78, 5) is 0. The summed E-state index contributed by atoms with van der Waals surface area (Å²) in [5.74, 6) is -2.26. The topological polar surface area (TPSA) is 67.8 Å². The molecule has 4 nitrogen and oxygen atoms in total. The van der Waals surface area contributed by atoms with E-state index in [1.54, 1.807) is 6.92 Å². The molecule has 0 aliphatic heterocycles. The van der Waals surface area contributed by atoms with Crippen LogP contribution in [0.4, 0.5) is 8.78 Å². The Morgan fingerprint density at radius 2 is 2.25 bits per heavy atom. The number of benzene rings is 1. The first kappa shape index (κ1) is 12.2. The quantitative estimate of drug-likeness (QED) is 0.359. The van der Waals surface area contributed by atoms with Gasteiger partial charge in [0.15, 0.2) is 11.6 Å². The Morgan fingerprint density at radius 3 is 2.88 bits per heavy atom. The molecule has 0 aliphatic carbocycles. The number of nitrogens with zero attached hydrogens (tertiary/aromatic N) is 1. The molecule has 16 heavy (non-hydrogen) atoms. The molecule has 1 aromatic carbocycles. The molecular formula is C10H12F2N2O2. The molecule has 0 heterocycles. The molecule has 0 radical (unpaired) electrons. The van der Waals surface area contributed by atoms with Crippen molar-refractivity contribution in [1.29, 1.82) is 0 Å². The predicted molar refractivity (Wildman–Crippen MR) is 54.5 cm³/mol. The SMILES string of the molecule is CC(CC(N)=NO)Oc1cccc(F)c1F. The van der Waals surface area contributed by atoms with Crippen molar-refractivity contribution in [3.63, 3.8) is 0 Å². The average molecular weight is 230 g/mol. The zero-order chi connectivity index (χ0) is 12.1. The first-order chi connectivity index (χ1) is 7.54. The molecule has 0 aromatic heterocycles. The van der Waals surface area contributed by atoms with Crippen molar-refractivity contribution in [3.05, 3.63) is 29.8 Å². The van der Waals surface area contributed by atoms with Gasteiger partial charge in [-0.3, -0.25) is 0 Å². The van der Waals surface area contributed by atoms with Gasteiger partial charge in [0.05, 0.1) is 0 Å². The maximum Gasteiger partial charge on any atom is 0.200 e. The smallest absolute Gasteiger partial charge is 0.200 e. The van der Waals surface area contributed by atoms with Gasteiger partial charge in [0, 0.05) is 6.42 Å². The van der Waals surface area contributed by atoms with Gasteiger partial charge in [0.1, 0.15) is 11.9 Å². The third kappa shape index (κ3) is 3.08. The molecule has 6 heteroatoms. The van der Waals surface area contributed by atoms with Gasteiger partial charge in [-0.2, -0.15) is 4.39 Å². The summed E-state index contributed by atoms with van der Waals surface area (Å²) in [7, 11) is 0.